The molecule has 0 atom stereocenters. The zero-order valence-corrected chi connectivity index (χ0v) is 14.0. The monoisotopic (exact) mass is 325 g/mol. The summed E-state index contributed by atoms with van der Waals surface area (Å²) >= 11 is 0. The van der Waals surface area contributed by atoms with E-state index in [-0.39, 0.29) is 0 Å². The largest absolute Gasteiger partial charge is 0.236 e. The smallest absolute Gasteiger partial charge is 0.154 e. The first-order chi connectivity index (χ1) is 12.4. The Balaban J connectivity index is 1.66. The van der Waals surface area contributed by atoms with E-state index >= 15 is 0 Å². The van der Waals surface area contributed by atoms with E-state index in [4.69, 9.17) is 5.10 Å². The Labute approximate surface area is 147 Å². The first-order valence-electron chi connectivity index (χ1n) is 8.89. The third-order valence-corrected chi connectivity index (χ3v) is 5.23. The first-order valence-corrected chi connectivity index (χ1v) is 8.89. The van der Waals surface area contributed by atoms with Crippen LogP contribution in [0.5, 0.6) is 0 Å². The number of benzene rings is 2. The van der Waals surface area contributed by atoms with Crippen LogP contribution in [0.4, 0.5) is 0 Å². The highest BCUT2D eigenvalue weighted by Gasteiger charge is 2.19. The van der Waals surface area contributed by atoms with Crippen LogP contribution in [0, 0.1) is 0 Å². The lowest BCUT2D eigenvalue weighted by Gasteiger charge is -2.25. The van der Waals surface area contributed by atoms with Crippen LogP contribution in [0.2, 0.25) is 0 Å². The number of fused-ring (bicyclic) bond motifs is 1. The van der Waals surface area contributed by atoms with E-state index in [0.29, 0.717) is 0 Å². The van der Waals surface area contributed by atoms with Crippen molar-refractivity contribution in [1.82, 2.24) is 14.6 Å². The van der Waals surface area contributed by atoms with Crippen molar-refractivity contribution in [2.24, 2.45) is 0 Å². The quantitative estimate of drug-likeness (QED) is 0.509. The van der Waals surface area contributed by atoms with Gasteiger partial charge in [-0.2, -0.15) is 5.10 Å². The maximum Gasteiger partial charge on any atom is 0.154 e. The van der Waals surface area contributed by atoms with Crippen LogP contribution in [0.15, 0.2) is 73.1 Å². The van der Waals surface area contributed by atoms with Gasteiger partial charge in [-0.05, 0) is 36.0 Å². The van der Waals surface area contributed by atoms with Crippen molar-refractivity contribution in [3.05, 3.63) is 78.6 Å². The molecule has 1 saturated carbocycles. The summed E-state index contributed by atoms with van der Waals surface area (Å²) < 4.78 is 1.85. The van der Waals surface area contributed by atoms with Crippen molar-refractivity contribution >= 4 is 5.65 Å². The van der Waals surface area contributed by atoms with Crippen molar-refractivity contribution in [2.75, 3.05) is 0 Å². The molecule has 0 bridgehead atoms. The maximum atomic E-state index is 4.84. The van der Waals surface area contributed by atoms with Gasteiger partial charge in [0, 0.05) is 23.5 Å². The van der Waals surface area contributed by atoms with Crippen molar-refractivity contribution < 1.29 is 0 Å². The molecule has 1 aliphatic rings. The summed E-state index contributed by atoms with van der Waals surface area (Å²) in [4.78, 5) is 4.40. The molecule has 1 aliphatic carbocycles. The topological polar surface area (TPSA) is 30.2 Å². The molecule has 2 aromatic carbocycles. The Bertz CT molecular complexity index is 1010. The second-order valence-corrected chi connectivity index (χ2v) is 6.75. The second-order valence-electron chi connectivity index (χ2n) is 6.75. The number of hydrogen-bond acceptors (Lipinski definition) is 2. The summed E-state index contributed by atoms with van der Waals surface area (Å²) in [6.45, 7) is 0. The highest BCUT2D eigenvalue weighted by Crippen LogP contribution is 2.37. The average Bonchev–Trinajstić information content (AvgIpc) is 3.08. The molecule has 2 heterocycles. The lowest BCUT2D eigenvalue weighted by atomic mass is 9.80. The summed E-state index contributed by atoms with van der Waals surface area (Å²) in [7, 11) is 0. The Morgan fingerprint density at radius 2 is 1.68 bits per heavy atom. The van der Waals surface area contributed by atoms with E-state index in [2.05, 4.69) is 59.6 Å². The predicted octanol–water partition coefficient (Wildman–Crippen LogP) is 5.33. The maximum absolute atomic E-state index is 4.84. The predicted molar refractivity (Wildman–Crippen MR) is 100 cm³/mol. The van der Waals surface area contributed by atoms with Crippen LogP contribution in [0.3, 0.4) is 0 Å². The van der Waals surface area contributed by atoms with Crippen LogP contribution in [-0.2, 0) is 0 Å². The third-order valence-electron chi connectivity index (χ3n) is 5.23. The molecule has 5 rings (SSSR count). The van der Waals surface area contributed by atoms with Gasteiger partial charge in [-0.3, -0.25) is 0 Å². The van der Waals surface area contributed by atoms with Gasteiger partial charge in [0.2, 0.25) is 0 Å². The highest BCUT2D eigenvalue weighted by molar-refractivity contribution is 5.82. The Hall–Kier alpha value is -2.94. The van der Waals surface area contributed by atoms with Gasteiger partial charge in [-0.1, -0.05) is 61.0 Å². The fraction of sp³-hybridized carbons (Fsp3) is 0.182. The minimum absolute atomic E-state index is 0.756. The molecule has 1 fully saturated rings. The summed E-state index contributed by atoms with van der Waals surface area (Å²) in [5, 5.41) is 4.84. The van der Waals surface area contributed by atoms with E-state index in [1.54, 1.807) is 6.20 Å². The third kappa shape index (κ3) is 2.52. The van der Waals surface area contributed by atoms with Crippen LogP contribution in [0.25, 0.3) is 28.0 Å². The summed E-state index contributed by atoms with van der Waals surface area (Å²) in [5.74, 6) is 0.756. The van der Waals surface area contributed by atoms with Crippen molar-refractivity contribution in [2.45, 2.75) is 25.2 Å². The zero-order valence-electron chi connectivity index (χ0n) is 14.0. The molecule has 3 heteroatoms. The fourth-order valence-corrected chi connectivity index (χ4v) is 3.56. The van der Waals surface area contributed by atoms with Gasteiger partial charge >= 0.3 is 0 Å². The van der Waals surface area contributed by atoms with Crippen LogP contribution < -0.4 is 0 Å². The van der Waals surface area contributed by atoms with E-state index in [1.807, 2.05) is 16.8 Å². The van der Waals surface area contributed by atoms with E-state index in [1.165, 1.54) is 30.4 Å². The lowest BCUT2D eigenvalue weighted by Crippen LogP contribution is -2.08. The molecule has 0 N–H and O–H groups in total. The van der Waals surface area contributed by atoms with Gasteiger partial charge < -0.3 is 0 Å². The van der Waals surface area contributed by atoms with Crippen molar-refractivity contribution in [1.29, 1.82) is 0 Å². The Kier molecular flexibility index (Phi) is 3.37. The minimum Gasteiger partial charge on any atom is -0.236 e. The van der Waals surface area contributed by atoms with Crippen LogP contribution in [0.1, 0.15) is 30.7 Å². The number of hydrogen-bond donors (Lipinski definition) is 0. The Morgan fingerprint density at radius 3 is 2.40 bits per heavy atom. The molecule has 25 heavy (non-hydrogen) atoms. The molecule has 0 aliphatic heterocycles. The molecule has 122 valence electrons. The first kappa shape index (κ1) is 14.4. The fourth-order valence-electron chi connectivity index (χ4n) is 3.56. The SMILES string of the molecule is c1ccc(-c2cc3nccn3nc2-c2ccc(C3CCC3)cc2)cc1. The normalized spacial score (nSPS) is 14.6. The molecular weight excluding hydrogens is 306 g/mol. The summed E-state index contributed by atoms with van der Waals surface area (Å²) in [6, 6.07) is 21.5. The molecule has 0 unspecified atom stereocenters. The van der Waals surface area contributed by atoms with Gasteiger partial charge in [0.15, 0.2) is 5.65 Å². The second kappa shape index (κ2) is 5.85. The number of rotatable bonds is 3. The lowest BCUT2D eigenvalue weighted by molar-refractivity contribution is 0.420. The van der Waals surface area contributed by atoms with Crippen LogP contribution in [-0.4, -0.2) is 14.6 Å². The molecule has 0 saturated heterocycles. The van der Waals surface area contributed by atoms with Gasteiger partial charge in [0.05, 0.1) is 5.69 Å². The average molecular weight is 325 g/mol. The number of aromatic nitrogens is 3. The van der Waals surface area contributed by atoms with Crippen molar-refractivity contribution in [3.63, 3.8) is 0 Å². The number of imidazole rings is 1. The molecule has 0 amide bonds. The molecular formula is C22H19N3. The van der Waals surface area contributed by atoms with Gasteiger partial charge in [-0.15, -0.1) is 0 Å². The highest BCUT2D eigenvalue weighted by atomic mass is 15.2. The summed E-state index contributed by atoms with van der Waals surface area (Å²) in [6.07, 6.45) is 7.71. The molecule has 2 aromatic heterocycles. The van der Waals surface area contributed by atoms with E-state index in [9.17, 15) is 0 Å². The number of nitrogens with zero attached hydrogens (tertiary/aromatic N) is 3. The van der Waals surface area contributed by atoms with E-state index in [0.717, 1.165) is 28.4 Å². The van der Waals surface area contributed by atoms with Gasteiger partial charge in [-0.25, -0.2) is 9.50 Å². The molecule has 3 nitrogen and oxygen atoms in total. The van der Waals surface area contributed by atoms with Crippen molar-refractivity contribution in [3.8, 4) is 22.4 Å². The zero-order chi connectivity index (χ0) is 16.6. The van der Waals surface area contributed by atoms with Crippen LogP contribution >= 0.6 is 0 Å². The van der Waals surface area contributed by atoms with Gasteiger partial charge in [0.1, 0.15) is 0 Å². The minimum atomic E-state index is 0.756. The Morgan fingerprint density at radius 1 is 0.880 bits per heavy atom. The van der Waals surface area contributed by atoms with E-state index < -0.39 is 0 Å². The molecule has 4 aromatic rings. The molecule has 0 radical (unpaired) electrons. The standard InChI is InChI=1S/C22H19N3/c1-2-5-18(6-3-1)20-15-21-23-13-14-25(21)24-22(20)19-11-9-17(10-12-19)16-7-4-8-16/h1-3,5-6,9-16H,4,7-8H2. The summed E-state index contributed by atoms with van der Waals surface area (Å²) in [5.41, 5.74) is 6.76. The molecule has 0 spiro atoms. The van der Waals surface area contributed by atoms with Gasteiger partial charge in [0.25, 0.3) is 0 Å².